The summed E-state index contributed by atoms with van der Waals surface area (Å²) in [6, 6.07) is 4.77. The van der Waals surface area contributed by atoms with E-state index in [-0.39, 0.29) is 24.8 Å². The van der Waals surface area contributed by atoms with Gasteiger partial charge in [-0.05, 0) is 24.3 Å². The van der Waals surface area contributed by atoms with Gasteiger partial charge in [-0.1, -0.05) is 0 Å². The van der Waals surface area contributed by atoms with Crippen LogP contribution in [0.25, 0.3) is 0 Å². The van der Waals surface area contributed by atoms with Crippen molar-refractivity contribution in [2.24, 2.45) is 0 Å². The number of urea groups is 1. The third kappa shape index (κ3) is 6.48. The SMILES string of the molecule is CNC(=O)NC(=O)C[NH+](C)CC(=O)Nc1ccc(F)cc1. The molecule has 1 atom stereocenters. The van der Waals surface area contributed by atoms with Gasteiger partial charge in [-0.3, -0.25) is 14.9 Å². The van der Waals surface area contributed by atoms with E-state index in [1.165, 1.54) is 31.3 Å². The highest BCUT2D eigenvalue weighted by molar-refractivity contribution is 5.95. The van der Waals surface area contributed by atoms with Crippen molar-refractivity contribution in [3.8, 4) is 0 Å². The highest BCUT2D eigenvalue weighted by Gasteiger charge is 2.15. The summed E-state index contributed by atoms with van der Waals surface area (Å²) in [6.45, 7) is 0.0167. The van der Waals surface area contributed by atoms with Crippen LogP contribution in [0, 0.1) is 5.82 Å². The van der Waals surface area contributed by atoms with Gasteiger partial charge in [-0.2, -0.15) is 0 Å². The molecule has 4 N–H and O–H groups in total. The summed E-state index contributed by atoms with van der Waals surface area (Å²) >= 11 is 0. The molecule has 0 spiro atoms. The van der Waals surface area contributed by atoms with Gasteiger partial charge in [0.2, 0.25) is 0 Å². The monoisotopic (exact) mass is 297 g/mol. The molecule has 0 radical (unpaired) electrons. The van der Waals surface area contributed by atoms with Crippen LogP contribution in [0.5, 0.6) is 0 Å². The van der Waals surface area contributed by atoms with Crippen molar-refractivity contribution in [2.45, 2.75) is 0 Å². The number of imide groups is 1. The molecule has 0 bridgehead atoms. The Labute approximate surface area is 121 Å². The van der Waals surface area contributed by atoms with Crippen molar-refractivity contribution in [1.29, 1.82) is 0 Å². The fourth-order valence-electron chi connectivity index (χ4n) is 1.58. The number of nitrogens with one attached hydrogen (secondary N) is 4. The number of hydrogen-bond donors (Lipinski definition) is 4. The van der Waals surface area contributed by atoms with Crippen molar-refractivity contribution in [3.05, 3.63) is 30.1 Å². The average molecular weight is 297 g/mol. The number of carbonyl (C=O) groups excluding carboxylic acids is 3. The Morgan fingerprint density at radius 1 is 1.10 bits per heavy atom. The van der Waals surface area contributed by atoms with Crippen LogP contribution < -0.4 is 20.9 Å². The molecule has 0 aliphatic heterocycles. The molecule has 1 unspecified atom stereocenters. The lowest BCUT2D eigenvalue weighted by Gasteiger charge is -2.13. The van der Waals surface area contributed by atoms with E-state index in [9.17, 15) is 18.8 Å². The van der Waals surface area contributed by atoms with E-state index >= 15 is 0 Å². The van der Waals surface area contributed by atoms with E-state index in [4.69, 9.17) is 0 Å². The Bertz CT molecular complexity index is 519. The second-order valence-electron chi connectivity index (χ2n) is 4.49. The molecule has 7 nitrogen and oxygen atoms in total. The number of benzene rings is 1. The quantitative estimate of drug-likeness (QED) is 0.546. The molecule has 0 heterocycles. The predicted octanol–water partition coefficient (Wildman–Crippen LogP) is -1.27. The Morgan fingerprint density at radius 3 is 2.24 bits per heavy atom. The van der Waals surface area contributed by atoms with Gasteiger partial charge in [0.15, 0.2) is 13.1 Å². The topological polar surface area (TPSA) is 91.7 Å². The minimum atomic E-state index is -0.594. The Balaban J connectivity index is 2.38. The van der Waals surface area contributed by atoms with Gasteiger partial charge in [0.1, 0.15) is 5.82 Å². The molecule has 0 saturated carbocycles. The van der Waals surface area contributed by atoms with Crippen LogP contribution in [-0.4, -0.2) is 45.0 Å². The van der Waals surface area contributed by atoms with Gasteiger partial charge < -0.3 is 15.5 Å². The zero-order chi connectivity index (χ0) is 15.8. The molecule has 1 rings (SSSR count). The third-order valence-corrected chi connectivity index (χ3v) is 2.53. The normalized spacial score (nSPS) is 11.4. The smallest absolute Gasteiger partial charge is 0.321 e. The van der Waals surface area contributed by atoms with Crippen LogP contribution in [0.1, 0.15) is 0 Å². The van der Waals surface area contributed by atoms with Gasteiger partial charge >= 0.3 is 6.03 Å². The summed E-state index contributed by atoms with van der Waals surface area (Å²) < 4.78 is 12.7. The first-order chi connectivity index (χ1) is 9.90. The minimum absolute atomic E-state index is 0.0236. The van der Waals surface area contributed by atoms with Gasteiger partial charge in [-0.15, -0.1) is 0 Å². The van der Waals surface area contributed by atoms with Gasteiger partial charge in [-0.25, -0.2) is 9.18 Å². The second-order valence-corrected chi connectivity index (χ2v) is 4.49. The number of rotatable bonds is 5. The number of amides is 4. The molecule has 4 amide bonds. The number of anilines is 1. The molecule has 21 heavy (non-hydrogen) atoms. The van der Waals surface area contributed by atoms with Crippen LogP contribution in [-0.2, 0) is 9.59 Å². The van der Waals surface area contributed by atoms with E-state index in [0.717, 1.165) is 0 Å². The van der Waals surface area contributed by atoms with Crippen molar-refractivity contribution < 1.29 is 23.7 Å². The van der Waals surface area contributed by atoms with Crippen molar-refractivity contribution in [2.75, 3.05) is 32.5 Å². The molecule has 114 valence electrons. The number of hydrogen-bond acceptors (Lipinski definition) is 3. The fraction of sp³-hybridized carbons (Fsp3) is 0.308. The van der Waals surface area contributed by atoms with Crippen LogP contribution in [0.3, 0.4) is 0 Å². The van der Waals surface area contributed by atoms with Crippen molar-refractivity contribution >= 4 is 23.5 Å². The lowest BCUT2D eigenvalue weighted by atomic mass is 10.3. The highest BCUT2D eigenvalue weighted by Crippen LogP contribution is 2.07. The summed E-state index contributed by atoms with van der Waals surface area (Å²) in [6.07, 6.45) is 0. The van der Waals surface area contributed by atoms with Crippen LogP contribution >= 0.6 is 0 Å². The number of likely N-dealkylation sites (N-methyl/N-ethyl adjacent to an activating group) is 1. The van der Waals surface area contributed by atoms with Crippen LogP contribution in [0.4, 0.5) is 14.9 Å². The first kappa shape index (κ1) is 16.6. The summed E-state index contributed by atoms with van der Waals surface area (Å²) in [5.74, 6) is -1.19. The highest BCUT2D eigenvalue weighted by atomic mass is 19.1. The molecule has 0 fully saturated rings. The minimum Gasteiger partial charge on any atom is -0.341 e. The van der Waals surface area contributed by atoms with E-state index in [2.05, 4.69) is 16.0 Å². The molecule has 1 aromatic rings. The summed E-state index contributed by atoms with van der Waals surface area (Å²) in [5, 5.41) is 6.95. The van der Waals surface area contributed by atoms with Gasteiger partial charge in [0.25, 0.3) is 11.8 Å². The maximum Gasteiger partial charge on any atom is 0.321 e. The maximum absolute atomic E-state index is 12.7. The number of quaternary nitrogens is 1. The summed E-state index contributed by atoms with van der Waals surface area (Å²) in [5.41, 5.74) is 0.476. The first-order valence-electron chi connectivity index (χ1n) is 6.29. The third-order valence-electron chi connectivity index (χ3n) is 2.53. The Hall–Kier alpha value is -2.48. The molecule has 1 aromatic carbocycles. The first-order valence-corrected chi connectivity index (χ1v) is 6.29. The molecule has 0 saturated heterocycles. The van der Waals surface area contributed by atoms with E-state index in [0.29, 0.717) is 10.6 Å². The maximum atomic E-state index is 12.7. The summed E-state index contributed by atoms with van der Waals surface area (Å²) in [7, 11) is 3.04. The Kier molecular flexibility index (Phi) is 6.28. The van der Waals surface area contributed by atoms with E-state index in [1.807, 2.05) is 0 Å². The van der Waals surface area contributed by atoms with Crippen molar-refractivity contribution in [3.63, 3.8) is 0 Å². The summed E-state index contributed by atoms with van der Waals surface area (Å²) in [4.78, 5) is 34.7. The molecular formula is C13H18FN4O3+. The van der Waals surface area contributed by atoms with Crippen LogP contribution in [0.2, 0.25) is 0 Å². The molecule has 0 aliphatic carbocycles. The largest absolute Gasteiger partial charge is 0.341 e. The molecule has 0 aliphatic rings. The zero-order valence-electron chi connectivity index (χ0n) is 11.8. The lowest BCUT2D eigenvalue weighted by molar-refractivity contribution is -0.862. The van der Waals surface area contributed by atoms with Gasteiger partial charge in [0, 0.05) is 12.7 Å². The van der Waals surface area contributed by atoms with Gasteiger partial charge in [0.05, 0.1) is 7.05 Å². The lowest BCUT2D eigenvalue weighted by Crippen LogP contribution is -3.11. The predicted molar refractivity (Wildman–Crippen MR) is 74.2 cm³/mol. The Morgan fingerprint density at radius 2 is 1.67 bits per heavy atom. The molecule has 8 heteroatoms. The van der Waals surface area contributed by atoms with Crippen LogP contribution in [0.15, 0.2) is 24.3 Å². The number of halogens is 1. The van der Waals surface area contributed by atoms with E-state index in [1.54, 1.807) is 7.05 Å². The fourth-order valence-corrected chi connectivity index (χ4v) is 1.58. The molecular weight excluding hydrogens is 279 g/mol. The van der Waals surface area contributed by atoms with E-state index < -0.39 is 11.9 Å². The molecule has 0 aromatic heterocycles. The average Bonchev–Trinajstić information content (AvgIpc) is 2.40. The number of carbonyl (C=O) groups is 3. The van der Waals surface area contributed by atoms with Crippen molar-refractivity contribution in [1.82, 2.24) is 10.6 Å². The zero-order valence-corrected chi connectivity index (χ0v) is 11.8. The standard InChI is InChI=1S/C13H17FN4O3/c1-15-13(21)17-12(20)8-18(2)7-11(19)16-10-5-3-9(14)4-6-10/h3-6H,7-8H2,1-2H3,(H,16,19)(H2,15,17,20,21)/p+1. The second kappa shape index (κ2) is 7.95.